The van der Waals surface area contributed by atoms with Crippen molar-refractivity contribution < 1.29 is 19.1 Å². The second kappa shape index (κ2) is 8.99. The highest BCUT2D eigenvalue weighted by atomic mass is 32.1. The van der Waals surface area contributed by atoms with Crippen molar-refractivity contribution in [1.29, 1.82) is 0 Å². The number of thiocarbonyl (C=S) groups is 1. The fraction of sp³-hybridized carbons (Fsp3) is 0.115. The molecule has 0 saturated carbocycles. The highest BCUT2D eigenvalue weighted by Gasteiger charge is 2.42. The number of carbonyl (C=O) groups is 1. The quantitative estimate of drug-likeness (QED) is 0.370. The molecule has 3 heterocycles. The lowest BCUT2D eigenvalue weighted by molar-refractivity contribution is 0.0697. The molecule has 1 saturated heterocycles. The molecule has 34 heavy (non-hydrogen) atoms. The molecule has 170 valence electrons. The van der Waals surface area contributed by atoms with Crippen LogP contribution in [0.2, 0.25) is 0 Å². The lowest BCUT2D eigenvalue weighted by atomic mass is 10.0. The number of anilines is 1. The van der Waals surface area contributed by atoms with E-state index in [1.165, 1.54) is 0 Å². The molecular formula is C26H21N3O4S. The number of pyridine rings is 1. The first-order valence-corrected chi connectivity index (χ1v) is 11.0. The summed E-state index contributed by atoms with van der Waals surface area (Å²) in [6.07, 6.45) is 1.75. The molecule has 8 heteroatoms. The number of methoxy groups -OCH3 is 1. The van der Waals surface area contributed by atoms with E-state index in [0.29, 0.717) is 22.2 Å². The smallest absolute Gasteiger partial charge is 0.335 e. The number of nitrogens with zero attached hydrogens (tertiary/aromatic N) is 2. The summed E-state index contributed by atoms with van der Waals surface area (Å²) in [5, 5.41) is 13.3. The molecule has 0 amide bonds. The number of carboxylic acids is 1. The van der Waals surface area contributed by atoms with Gasteiger partial charge >= 0.3 is 5.97 Å². The van der Waals surface area contributed by atoms with E-state index in [4.69, 9.17) is 21.4 Å². The fourth-order valence-electron chi connectivity index (χ4n) is 4.14. The monoisotopic (exact) mass is 471 g/mol. The SMILES string of the molecule is COc1ccc(N2C(=S)NC(c3ccccn3)C2c2ccc(-c3cccc(C(=O)O)c3)o2)cc1. The Morgan fingerprint density at radius 3 is 2.62 bits per heavy atom. The predicted molar refractivity (Wildman–Crippen MR) is 132 cm³/mol. The van der Waals surface area contributed by atoms with Gasteiger partial charge in [-0.25, -0.2) is 4.79 Å². The van der Waals surface area contributed by atoms with Crippen LogP contribution in [0.1, 0.15) is 33.9 Å². The van der Waals surface area contributed by atoms with Gasteiger partial charge in [-0.1, -0.05) is 18.2 Å². The first-order chi connectivity index (χ1) is 16.5. The average molecular weight is 472 g/mol. The Labute approximate surface area is 201 Å². The van der Waals surface area contributed by atoms with Crippen molar-refractivity contribution in [3.63, 3.8) is 0 Å². The number of carboxylic acid groups (broad SMARTS) is 1. The minimum atomic E-state index is -0.986. The molecule has 2 aromatic carbocycles. The van der Waals surface area contributed by atoms with Crippen LogP contribution in [0.15, 0.2) is 89.5 Å². The number of ether oxygens (including phenoxy) is 1. The number of hydrogen-bond donors (Lipinski definition) is 2. The number of furan rings is 1. The lowest BCUT2D eigenvalue weighted by Crippen LogP contribution is -2.29. The molecule has 2 unspecified atom stereocenters. The Kier molecular flexibility index (Phi) is 5.73. The molecule has 0 aliphatic carbocycles. The Morgan fingerprint density at radius 2 is 1.91 bits per heavy atom. The molecular weight excluding hydrogens is 450 g/mol. The normalized spacial score (nSPS) is 17.4. The molecule has 1 aliphatic rings. The van der Waals surface area contributed by atoms with Gasteiger partial charge in [0, 0.05) is 17.4 Å². The Morgan fingerprint density at radius 1 is 1.09 bits per heavy atom. The number of rotatable bonds is 6. The molecule has 0 radical (unpaired) electrons. The summed E-state index contributed by atoms with van der Waals surface area (Å²) in [5.74, 6) is 1.01. The second-order valence-electron chi connectivity index (χ2n) is 7.78. The van der Waals surface area contributed by atoms with Gasteiger partial charge in [0.1, 0.15) is 23.3 Å². The summed E-state index contributed by atoms with van der Waals surface area (Å²) >= 11 is 5.73. The van der Waals surface area contributed by atoms with Gasteiger partial charge in [-0.3, -0.25) is 4.98 Å². The predicted octanol–water partition coefficient (Wildman–Crippen LogP) is 5.23. The van der Waals surface area contributed by atoms with Crippen LogP contribution < -0.4 is 15.0 Å². The summed E-state index contributed by atoms with van der Waals surface area (Å²) in [5.41, 5.74) is 2.60. The average Bonchev–Trinajstić information content (AvgIpc) is 3.49. The molecule has 7 nitrogen and oxygen atoms in total. The summed E-state index contributed by atoms with van der Waals surface area (Å²) in [7, 11) is 1.63. The first-order valence-electron chi connectivity index (χ1n) is 10.6. The van der Waals surface area contributed by atoms with Gasteiger partial charge in [0.15, 0.2) is 5.11 Å². The van der Waals surface area contributed by atoms with Crippen molar-refractivity contribution in [2.24, 2.45) is 0 Å². The van der Waals surface area contributed by atoms with Crippen LogP contribution in [0.25, 0.3) is 11.3 Å². The zero-order valence-electron chi connectivity index (χ0n) is 18.2. The van der Waals surface area contributed by atoms with E-state index in [0.717, 1.165) is 17.1 Å². The van der Waals surface area contributed by atoms with E-state index in [1.807, 2.05) is 65.6 Å². The van der Waals surface area contributed by atoms with Crippen LogP contribution in [0.5, 0.6) is 5.75 Å². The van der Waals surface area contributed by atoms with E-state index in [9.17, 15) is 9.90 Å². The van der Waals surface area contributed by atoms with E-state index in [2.05, 4.69) is 10.3 Å². The van der Waals surface area contributed by atoms with Gasteiger partial charge in [0.2, 0.25) is 0 Å². The largest absolute Gasteiger partial charge is 0.497 e. The van der Waals surface area contributed by atoms with E-state index < -0.39 is 5.97 Å². The van der Waals surface area contributed by atoms with Gasteiger partial charge in [-0.15, -0.1) is 0 Å². The molecule has 2 aromatic heterocycles. The van der Waals surface area contributed by atoms with E-state index >= 15 is 0 Å². The van der Waals surface area contributed by atoms with Crippen molar-refractivity contribution in [1.82, 2.24) is 10.3 Å². The van der Waals surface area contributed by atoms with Crippen molar-refractivity contribution in [3.8, 4) is 17.1 Å². The highest BCUT2D eigenvalue weighted by Crippen LogP contribution is 2.43. The number of nitrogens with one attached hydrogen (secondary N) is 1. The third-order valence-corrected chi connectivity index (χ3v) is 6.08. The molecule has 5 rings (SSSR count). The van der Waals surface area contributed by atoms with Gasteiger partial charge in [-0.2, -0.15) is 0 Å². The Hall–Kier alpha value is -4.17. The zero-order chi connectivity index (χ0) is 23.7. The summed E-state index contributed by atoms with van der Waals surface area (Å²) < 4.78 is 11.6. The standard InChI is InChI=1S/C26H21N3O4S/c1-32-19-10-8-18(9-11-19)29-24(23(28-26(29)34)20-7-2-3-14-27-20)22-13-12-21(33-22)16-5-4-6-17(15-16)25(30)31/h2-15,23-24H,1H3,(H,28,34)(H,30,31). The Bertz CT molecular complexity index is 1340. The Balaban J connectivity index is 1.58. The van der Waals surface area contributed by atoms with Gasteiger partial charge in [0.25, 0.3) is 0 Å². The van der Waals surface area contributed by atoms with Gasteiger partial charge < -0.3 is 24.5 Å². The van der Waals surface area contributed by atoms with Gasteiger partial charge in [0.05, 0.1) is 24.4 Å². The van der Waals surface area contributed by atoms with Crippen molar-refractivity contribution in [2.45, 2.75) is 12.1 Å². The molecule has 0 bridgehead atoms. The van der Waals surface area contributed by atoms with E-state index in [-0.39, 0.29) is 17.6 Å². The lowest BCUT2D eigenvalue weighted by Gasteiger charge is -2.26. The second-order valence-corrected chi connectivity index (χ2v) is 8.17. The minimum Gasteiger partial charge on any atom is -0.497 e. The number of aromatic nitrogens is 1. The minimum absolute atomic E-state index is 0.199. The third kappa shape index (κ3) is 3.99. The van der Waals surface area contributed by atoms with Crippen molar-refractivity contribution >= 4 is 29.0 Å². The van der Waals surface area contributed by atoms with Crippen LogP contribution in [-0.4, -0.2) is 28.3 Å². The maximum Gasteiger partial charge on any atom is 0.335 e. The van der Waals surface area contributed by atoms with Crippen LogP contribution in [-0.2, 0) is 0 Å². The molecule has 1 aliphatic heterocycles. The van der Waals surface area contributed by atoms with E-state index in [1.54, 1.807) is 31.5 Å². The number of hydrogen-bond acceptors (Lipinski definition) is 5. The number of benzene rings is 2. The highest BCUT2D eigenvalue weighted by molar-refractivity contribution is 7.80. The van der Waals surface area contributed by atoms with Crippen LogP contribution in [0.4, 0.5) is 5.69 Å². The zero-order valence-corrected chi connectivity index (χ0v) is 19.0. The van der Waals surface area contributed by atoms with Crippen molar-refractivity contribution in [2.75, 3.05) is 12.0 Å². The summed E-state index contributed by atoms with van der Waals surface area (Å²) in [6.45, 7) is 0. The van der Waals surface area contributed by atoms with Crippen LogP contribution in [0, 0.1) is 0 Å². The maximum atomic E-state index is 11.4. The molecule has 4 aromatic rings. The molecule has 2 N–H and O–H groups in total. The molecule has 2 atom stereocenters. The van der Waals surface area contributed by atoms with Gasteiger partial charge in [-0.05, 0) is 72.9 Å². The fourth-order valence-corrected chi connectivity index (χ4v) is 4.48. The molecule has 1 fully saturated rings. The third-order valence-electron chi connectivity index (χ3n) is 5.76. The maximum absolute atomic E-state index is 11.4. The first kappa shape index (κ1) is 21.7. The van der Waals surface area contributed by atoms with Crippen LogP contribution in [0.3, 0.4) is 0 Å². The summed E-state index contributed by atoms with van der Waals surface area (Å²) in [6, 6.07) is 23.3. The van der Waals surface area contributed by atoms with Crippen LogP contribution >= 0.6 is 12.2 Å². The number of aromatic carboxylic acids is 1. The summed E-state index contributed by atoms with van der Waals surface area (Å²) in [4.78, 5) is 18.0. The van der Waals surface area contributed by atoms with Crippen molar-refractivity contribution in [3.05, 3.63) is 102 Å². The topological polar surface area (TPSA) is 87.8 Å². The molecule has 0 spiro atoms.